The first-order chi connectivity index (χ1) is 18.3. The number of furan rings is 1. The number of hydrogen-bond donors (Lipinski definition) is 1. The Hall–Kier alpha value is -3.05. The average Bonchev–Trinajstić information content (AvgIpc) is 3.64. The fourth-order valence-electron chi connectivity index (χ4n) is 6.16. The maximum Gasteiger partial charge on any atom is 0.251 e. The number of anilines is 1. The maximum atomic E-state index is 14.8. The Morgan fingerprint density at radius 2 is 1.95 bits per heavy atom. The van der Waals surface area contributed by atoms with Crippen molar-refractivity contribution in [2.45, 2.75) is 22.7 Å². The number of nitrogens with zero attached hydrogens (tertiary/aromatic N) is 2. The number of hydrogen-bond acceptors (Lipinski definition) is 8. The number of nitrogens with one attached hydrogen (secondary N) is 1. The van der Waals surface area contributed by atoms with E-state index in [0.29, 0.717) is 44.4 Å². The van der Waals surface area contributed by atoms with Gasteiger partial charge < -0.3 is 19.2 Å². The standard InChI is InChI=1S/C27H24ClN3O5S2/c1-30-14-19(15-6-9-21(34-2)22(11-15)35-3)27(24(33)31(25(37)38-27)13-17-5-4-10-36-17)26(30)18-12-16(28)7-8-20(18)29-23(26)32/h4-12,19H,13-14H2,1-3H3,(H,29,32)/t19-,26-,27+/m0/s1. The zero-order valence-electron chi connectivity index (χ0n) is 20.8. The van der Waals surface area contributed by atoms with Gasteiger partial charge in [0.05, 0.1) is 27.0 Å². The molecule has 11 heteroatoms. The summed E-state index contributed by atoms with van der Waals surface area (Å²) in [6.07, 6.45) is 1.56. The molecule has 6 rings (SSSR count). The van der Waals surface area contributed by atoms with Gasteiger partial charge in [-0.05, 0) is 55.1 Å². The summed E-state index contributed by atoms with van der Waals surface area (Å²) in [5.74, 6) is 0.733. The number of carbonyl (C=O) groups is 2. The fourth-order valence-corrected chi connectivity index (χ4v) is 8.46. The number of carbonyl (C=O) groups excluding carboxylic acids is 2. The summed E-state index contributed by atoms with van der Waals surface area (Å²) < 4.78 is 15.6. The number of ether oxygens (including phenoxy) is 2. The van der Waals surface area contributed by atoms with Crippen molar-refractivity contribution in [2.75, 3.05) is 33.1 Å². The highest BCUT2D eigenvalue weighted by Gasteiger charge is 2.77. The van der Waals surface area contributed by atoms with Gasteiger partial charge in [-0.1, -0.05) is 41.6 Å². The van der Waals surface area contributed by atoms with Crippen molar-refractivity contribution in [1.29, 1.82) is 0 Å². The summed E-state index contributed by atoms with van der Waals surface area (Å²) in [6.45, 7) is 0.576. The van der Waals surface area contributed by atoms with Crippen LogP contribution in [-0.2, 0) is 21.7 Å². The largest absolute Gasteiger partial charge is 0.493 e. The van der Waals surface area contributed by atoms with E-state index < -0.39 is 16.2 Å². The molecule has 38 heavy (non-hydrogen) atoms. The number of methoxy groups -OCH3 is 2. The number of benzene rings is 2. The van der Waals surface area contributed by atoms with E-state index >= 15 is 0 Å². The minimum absolute atomic E-state index is 0.169. The lowest BCUT2D eigenvalue weighted by atomic mass is 9.72. The Balaban J connectivity index is 1.59. The third kappa shape index (κ3) is 3.24. The molecule has 0 aliphatic carbocycles. The van der Waals surface area contributed by atoms with Crippen molar-refractivity contribution in [3.8, 4) is 11.5 Å². The quantitative estimate of drug-likeness (QED) is 0.446. The SMILES string of the molecule is COc1ccc([C@@H]2CN(C)[C@@]3(C(=O)Nc4ccc(Cl)cc43)[C@@]23SC(=S)N(Cc2ccco2)C3=O)cc1OC. The second-order valence-corrected chi connectivity index (χ2v) is 11.8. The molecule has 3 atom stereocenters. The molecule has 0 saturated carbocycles. The third-order valence-electron chi connectivity index (χ3n) is 7.74. The number of thioether (sulfide) groups is 1. The highest BCUT2D eigenvalue weighted by molar-refractivity contribution is 8.25. The van der Waals surface area contributed by atoms with E-state index in [-0.39, 0.29) is 18.4 Å². The Kier molecular flexibility index (Phi) is 5.99. The topological polar surface area (TPSA) is 84.3 Å². The molecular formula is C27H24ClN3O5S2. The summed E-state index contributed by atoms with van der Waals surface area (Å²) in [5.41, 5.74) is 0.749. The number of rotatable bonds is 5. The van der Waals surface area contributed by atoms with Crippen LogP contribution in [0, 0.1) is 0 Å². The lowest BCUT2D eigenvalue weighted by molar-refractivity contribution is -0.138. The van der Waals surface area contributed by atoms with Crippen molar-refractivity contribution >= 4 is 57.4 Å². The van der Waals surface area contributed by atoms with Crippen LogP contribution in [0.4, 0.5) is 5.69 Å². The van der Waals surface area contributed by atoms with Crippen LogP contribution < -0.4 is 14.8 Å². The molecule has 2 fully saturated rings. The molecule has 0 bridgehead atoms. The number of fused-ring (bicyclic) bond motifs is 3. The number of likely N-dealkylation sites (N-methyl/N-ethyl adjacent to an activating group) is 1. The van der Waals surface area contributed by atoms with Crippen LogP contribution in [0.25, 0.3) is 0 Å². The monoisotopic (exact) mass is 569 g/mol. The molecule has 2 spiro atoms. The van der Waals surface area contributed by atoms with Gasteiger partial charge in [0.2, 0.25) is 5.91 Å². The summed E-state index contributed by atoms with van der Waals surface area (Å²) in [4.78, 5) is 32.4. The molecule has 4 heterocycles. The summed E-state index contributed by atoms with van der Waals surface area (Å²) in [5, 5.41) is 3.49. The van der Waals surface area contributed by atoms with Crippen LogP contribution in [0.1, 0.15) is 22.8 Å². The van der Waals surface area contributed by atoms with Crippen LogP contribution >= 0.6 is 35.6 Å². The molecule has 1 aromatic heterocycles. The highest BCUT2D eigenvalue weighted by atomic mass is 35.5. The third-order valence-corrected chi connectivity index (χ3v) is 9.92. The molecule has 3 aromatic rings. The van der Waals surface area contributed by atoms with Crippen LogP contribution in [0.2, 0.25) is 5.02 Å². The molecule has 1 N–H and O–H groups in total. The number of thiocarbonyl (C=S) groups is 1. The van der Waals surface area contributed by atoms with Gasteiger partial charge in [-0.2, -0.15) is 0 Å². The Bertz CT molecular complexity index is 1480. The van der Waals surface area contributed by atoms with E-state index in [9.17, 15) is 9.59 Å². The van der Waals surface area contributed by atoms with Crippen molar-refractivity contribution in [3.63, 3.8) is 0 Å². The van der Waals surface area contributed by atoms with E-state index in [1.165, 1.54) is 11.8 Å². The second kappa shape index (κ2) is 9.01. The van der Waals surface area contributed by atoms with E-state index in [1.54, 1.807) is 55.7 Å². The molecule has 2 saturated heterocycles. The Morgan fingerprint density at radius 3 is 2.66 bits per heavy atom. The highest BCUT2D eigenvalue weighted by Crippen LogP contribution is 2.66. The van der Waals surface area contributed by atoms with Crippen LogP contribution in [-0.4, -0.2) is 58.5 Å². The molecular weight excluding hydrogens is 546 g/mol. The van der Waals surface area contributed by atoms with Gasteiger partial charge in [0.15, 0.2) is 17.0 Å². The minimum atomic E-state index is -1.37. The Labute approximate surface area is 234 Å². The second-order valence-electron chi connectivity index (χ2n) is 9.48. The molecule has 0 unspecified atom stereocenters. The van der Waals surface area contributed by atoms with E-state index in [0.717, 1.165) is 5.56 Å². The van der Waals surface area contributed by atoms with Gasteiger partial charge in [-0.3, -0.25) is 19.4 Å². The molecule has 2 amide bonds. The van der Waals surface area contributed by atoms with E-state index in [1.807, 2.05) is 30.1 Å². The zero-order chi connectivity index (χ0) is 26.8. The van der Waals surface area contributed by atoms with E-state index in [2.05, 4.69) is 5.32 Å². The average molecular weight is 570 g/mol. The van der Waals surface area contributed by atoms with Gasteiger partial charge in [0.25, 0.3) is 5.91 Å². The number of halogens is 1. The van der Waals surface area contributed by atoms with Crippen LogP contribution in [0.3, 0.4) is 0 Å². The first kappa shape index (κ1) is 25.2. The predicted octanol–water partition coefficient (Wildman–Crippen LogP) is 4.63. The van der Waals surface area contributed by atoms with Crippen molar-refractivity contribution in [1.82, 2.24) is 9.80 Å². The normalized spacial score (nSPS) is 26.5. The van der Waals surface area contributed by atoms with Crippen LogP contribution in [0.5, 0.6) is 11.5 Å². The first-order valence-corrected chi connectivity index (χ1v) is 13.5. The van der Waals surface area contributed by atoms with E-state index in [4.69, 9.17) is 37.7 Å². The van der Waals surface area contributed by atoms with Gasteiger partial charge in [-0.25, -0.2) is 0 Å². The van der Waals surface area contributed by atoms with Gasteiger partial charge in [-0.15, -0.1) is 0 Å². The summed E-state index contributed by atoms with van der Waals surface area (Å²) >= 11 is 13.5. The van der Waals surface area contributed by atoms with Gasteiger partial charge in [0, 0.05) is 28.7 Å². The predicted molar refractivity (Wildman–Crippen MR) is 149 cm³/mol. The van der Waals surface area contributed by atoms with Crippen molar-refractivity contribution in [3.05, 3.63) is 76.7 Å². The first-order valence-electron chi connectivity index (χ1n) is 11.9. The van der Waals surface area contributed by atoms with Gasteiger partial charge >= 0.3 is 0 Å². The van der Waals surface area contributed by atoms with Crippen molar-refractivity contribution in [2.24, 2.45) is 0 Å². The molecule has 3 aliphatic heterocycles. The summed E-state index contributed by atoms with van der Waals surface area (Å²) in [6, 6.07) is 14.4. The lowest BCUT2D eigenvalue weighted by Crippen LogP contribution is -2.61. The zero-order valence-corrected chi connectivity index (χ0v) is 23.2. The van der Waals surface area contributed by atoms with Gasteiger partial charge in [0.1, 0.15) is 14.8 Å². The van der Waals surface area contributed by atoms with Crippen molar-refractivity contribution < 1.29 is 23.5 Å². The molecule has 0 radical (unpaired) electrons. The van der Waals surface area contributed by atoms with Crippen LogP contribution in [0.15, 0.2) is 59.2 Å². The maximum absolute atomic E-state index is 14.8. The smallest absolute Gasteiger partial charge is 0.251 e. The molecule has 3 aliphatic rings. The minimum Gasteiger partial charge on any atom is -0.493 e. The lowest BCUT2D eigenvalue weighted by Gasteiger charge is -2.41. The Morgan fingerprint density at radius 1 is 1.16 bits per heavy atom. The summed E-state index contributed by atoms with van der Waals surface area (Å²) in [7, 11) is 5.00. The number of likely N-dealkylation sites (tertiary alicyclic amines) is 1. The molecule has 2 aromatic carbocycles. The molecule has 8 nitrogen and oxygen atoms in total. The number of amides is 2. The molecule has 196 valence electrons. The fraction of sp³-hybridized carbons (Fsp3) is 0.296.